The van der Waals surface area contributed by atoms with Crippen LogP contribution in [0.3, 0.4) is 0 Å². The standard InChI is InChI=1S/C9H14O4/c10-8(11)7-3-1-2-4-9(7)12-5-6-13-9/h7H,1-6H2,(H,10,11)/t7-/m1/s1. The van der Waals surface area contributed by atoms with E-state index in [2.05, 4.69) is 0 Å². The van der Waals surface area contributed by atoms with E-state index in [4.69, 9.17) is 14.6 Å². The lowest BCUT2D eigenvalue weighted by Crippen LogP contribution is -2.45. The van der Waals surface area contributed by atoms with Gasteiger partial charge in [-0.2, -0.15) is 0 Å². The topological polar surface area (TPSA) is 55.8 Å². The van der Waals surface area contributed by atoms with Gasteiger partial charge in [0.25, 0.3) is 0 Å². The number of hydrogen-bond acceptors (Lipinski definition) is 3. The van der Waals surface area contributed by atoms with E-state index in [0.29, 0.717) is 19.6 Å². The molecule has 0 radical (unpaired) electrons. The van der Waals surface area contributed by atoms with Crippen LogP contribution >= 0.6 is 0 Å². The summed E-state index contributed by atoms with van der Waals surface area (Å²) in [5.41, 5.74) is 0. The van der Waals surface area contributed by atoms with Gasteiger partial charge in [-0.05, 0) is 12.8 Å². The van der Waals surface area contributed by atoms with Crippen LogP contribution in [0.15, 0.2) is 0 Å². The molecule has 0 bridgehead atoms. The van der Waals surface area contributed by atoms with E-state index in [1.807, 2.05) is 0 Å². The summed E-state index contributed by atoms with van der Waals surface area (Å²) < 4.78 is 10.9. The fourth-order valence-electron chi connectivity index (χ4n) is 2.24. The highest BCUT2D eigenvalue weighted by Gasteiger charge is 2.49. The molecule has 1 heterocycles. The predicted octanol–water partition coefficient (Wildman–Crippen LogP) is 1.00. The zero-order valence-corrected chi connectivity index (χ0v) is 7.49. The second-order valence-electron chi connectivity index (χ2n) is 3.65. The lowest BCUT2D eigenvalue weighted by molar-refractivity contribution is -0.219. The second-order valence-corrected chi connectivity index (χ2v) is 3.65. The first-order valence-corrected chi connectivity index (χ1v) is 4.75. The fourth-order valence-corrected chi connectivity index (χ4v) is 2.24. The summed E-state index contributed by atoms with van der Waals surface area (Å²) in [5.74, 6) is -2.05. The van der Waals surface area contributed by atoms with Crippen molar-refractivity contribution in [3.63, 3.8) is 0 Å². The molecule has 13 heavy (non-hydrogen) atoms. The number of carbonyl (C=O) groups is 1. The zero-order chi connectivity index (χ0) is 9.31. The van der Waals surface area contributed by atoms with Gasteiger partial charge in [-0.15, -0.1) is 0 Å². The molecular weight excluding hydrogens is 172 g/mol. The van der Waals surface area contributed by atoms with Gasteiger partial charge in [0.1, 0.15) is 5.92 Å². The van der Waals surface area contributed by atoms with Gasteiger partial charge in [0.2, 0.25) is 0 Å². The maximum atomic E-state index is 11.0. The zero-order valence-electron chi connectivity index (χ0n) is 7.49. The summed E-state index contributed by atoms with van der Waals surface area (Å²) in [6.45, 7) is 1.06. The molecule has 1 atom stereocenters. The van der Waals surface area contributed by atoms with Crippen molar-refractivity contribution in [2.24, 2.45) is 5.92 Å². The second kappa shape index (κ2) is 3.27. The van der Waals surface area contributed by atoms with Crippen LogP contribution in [0.1, 0.15) is 25.7 Å². The molecule has 74 valence electrons. The molecule has 0 aromatic carbocycles. The average molecular weight is 186 g/mol. The van der Waals surface area contributed by atoms with Gasteiger partial charge in [-0.1, -0.05) is 6.42 Å². The van der Waals surface area contributed by atoms with Crippen LogP contribution in [0.25, 0.3) is 0 Å². The Morgan fingerprint density at radius 1 is 1.31 bits per heavy atom. The Labute approximate surface area is 76.8 Å². The Hall–Kier alpha value is -0.610. The van der Waals surface area contributed by atoms with E-state index in [1.165, 1.54) is 0 Å². The Balaban J connectivity index is 2.16. The lowest BCUT2D eigenvalue weighted by atomic mass is 9.83. The normalized spacial score (nSPS) is 32.2. The van der Waals surface area contributed by atoms with Crippen molar-refractivity contribution in [1.29, 1.82) is 0 Å². The predicted molar refractivity (Wildman–Crippen MR) is 44.2 cm³/mol. The summed E-state index contributed by atoms with van der Waals surface area (Å²) >= 11 is 0. The van der Waals surface area contributed by atoms with E-state index in [9.17, 15) is 4.79 Å². The largest absolute Gasteiger partial charge is 0.481 e. The molecule has 1 aliphatic carbocycles. The minimum absolute atomic E-state index is 0.469. The third-order valence-corrected chi connectivity index (χ3v) is 2.87. The summed E-state index contributed by atoms with van der Waals surface area (Å²) in [6, 6.07) is 0. The average Bonchev–Trinajstić information content (AvgIpc) is 2.54. The minimum Gasteiger partial charge on any atom is -0.481 e. The first-order chi connectivity index (χ1) is 6.25. The number of carboxylic acids is 1. The van der Waals surface area contributed by atoms with Gasteiger partial charge in [-0.25, -0.2) is 0 Å². The molecule has 1 spiro atoms. The molecule has 2 aliphatic rings. The first-order valence-electron chi connectivity index (χ1n) is 4.75. The van der Waals surface area contributed by atoms with Crippen LogP contribution in [-0.4, -0.2) is 30.1 Å². The molecule has 0 aromatic rings. The van der Waals surface area contributed by atoms with E-state index in [-0.39, 0.29) is 0 Å². The van der Waals surface area contributed by atoms with Crippen LogP contribution < -0.4 is 0 Å². The highest BCUT2D eigenvalue weighted by Crippen LogP contribution is 2.40. The molecule has 1 saturated carbocycles. The maximum Gasteiger partial charge on any atom is 0.311 e. The number of rotatable bonds is 1. The van der Waals surface area contributed by atoms with Crippen LogP contribution in [0, 0.1) is 5.92 Å². The Morgan fingerprint density at radius 2 is 2.00 bits per heavy atom. The summed E-state index contributed by atoms with van der Waals surface area (Å²) in [7, 11) is 0. The number of aliphatic carboxylic acids is 1. The van der Waals surface area contributed by atoms with Crippen LogP contribution in [0.2, 0.25) is 0 Å². The number of carboxylic acid groups (broad SMARTS) is 1. The van der Waals surface area contributed by atoms with Gasteiger partial charge < -0.3 is 14.6 Å². The van der Waals surface area contributed by atoms with Crippen molar-refractivity contribution in [3.05, 3.63) is 0 Å². The van der Waals surface area contributed by atoms with Gasteiger partial charge in [0.05, 0.1) is 13.2 Å². The highest BCUT2D eigenvalue weighted by molar-refractivity contribution is 5.71. The first kappa shape index (κ1) is 8.97. The molecule has 2 fully saturated rings. The van der Waals surface area contributed by atoms with Crippen molar-refractivity contribution in [2.75, 3.05) is 13.2 Å². The van der Waals surface area contributed by atoms with E-state index >= 15 is 0 Å². The Bertz CT molecular complexity index is 208. The van der Waals surface area contributed by atoms with Crippen molar-refractivity contribution in [3.8, 4) is 0 Å². The molecule has 1 N–H and O–H groups in total. The molecule has 4 heteroatoms. The SMILES string of the molecule is O=C(O)[C@H]1CCCCC12OCCO2. The Kier molecular flexibility index (Phi) is 2.26. The highest BCUT2D eigenvalue weighted by atomic mass is 16.7. The van der Waals surface area contributed by atoms with Crippen molar-refractivity contribution < 1.29 is 19.4 Å². The molecule has 0 aromatic heterocycles. The Morgan fingerprint density at radius 3 is 2.62 bits per heavy atom. The van der Waals surface area contributed by atoms with Crippen molar-refractivity contribution >= 4 is 5.97 Å². The van der Waals surface area contributed by atoms with Gasteiger partial charge in [0, 0.05) is 6.42 Å². The van der Waals surface area contributed by atoms with Crippen molar-refractivity contribution in [1.82, 2.24) is 0 Å². The summed E-state index contributed by atoms with van der Waals surface area (Å²) in [6.07, 6.45) is 3.37. The molecule has 1 aliphatic heterocycles. The van der Waals surface area contributed by atoms with E-state index in [1.54, 1.807) is 0 Å². The number of ether oxygens (including phenoxy) is 2. The maximum absolute atomic E-state index is 11.0. The molecule has 4 nitrogen and oxygen atoms in total. The van der Waals surface area contributed by atoms with E-state index < -0.39 is 17.7 Å². The van der Waals surface area contributed by atoms with Crippen LogP contribution in [0.4, 0.5) is 0 Å². The molecular formula is C9H14O4. The summed E-state index contributed by atoms with van der Waals surface area (Å²) in [5, 5.41) is 9.00. The summed E-state index contributed by atoms with van der Waals surface area (Å²) in [4.78, 5) is 11.0. The smallest absolute Gasteiger partial charge is 0.311 e. The number of hydrogen-bond donors (Lipinski definition) is 1. The third kappa shape index (κ3) is 1.44. The minimum atomic E-state index is -0.790. The van der Waals surface area contributed by atoms with Gasteiger partial charge in [-0.3, -0.25) is 4.79 Å². The van der Waals surface area contributed by atoms with Gasteiger partial charge >= 0.3 is 5.97 Å². The van der Waals surface area contributed by atoms with E-state index in [0.717, 1.165) is 19.3 Å². The molecule has 0 amide bonds. The molecule has 0 unspecified atom stereocenters. The van der Waals surface area contributed by atoms with Crippen LogP contribution in [-0.2, 0) is 14.3 Å². The lowest BCUT2D eigenvalue weighted by Gasteiger charge is -2.36. The van der Waals surface area contributed by atoms with Crippen LogP contribution in [0.5, 0.6) is 0 Å². The molecule has 1 saturated heterocycles. The fraction of sp³-hybridized carbons (Fsp3) is 0.889. The quantitative estimate of drug-likeness (QED) is 0.663. The third-order valence-electron chi connectivity index (χ3n) is 2.87. The molecule has 2 rings (SSSR count). The van der Waals surface area contributed by atoms with Crippen molar-refractivity contribution in [2.45, 2.75) is 31.5 Å². The monoisotopic (exact) mass is 186 g/mol. The van der Waals surface area contributed by atoms with Gasteiger partial charge in [0.15, 0.2) is 5.79 Å².